The number of benzene rings is 2. The molecular formula is C23H25FN4O3. The van der Waals surface area contributed by atoms with Crippen molar-refractivity contribution in [3.8, 4) is 5.75 Å². The van der Waals surface area contributed by atoms with E-state index in [1.807, 2.05) is 24.3 Å². The lowest BCUT2D eigenvalue weighted by atomic mass is 10.1. The van der Waals surface area contributed by atoms with Crippen LogP contribution in [0.3, 0.4) is 0 Å². The van der Waals surface area contributed by atoms with Crippen molar-refractivity contribution in [3.05, 3.63) is 59.9 Å². The number of nitrogens with zero attached hydrogens (tertiary/aromatic N) is 4. The summed E-state index contributed by atoms with van der Waals surface area (Å²) in [6.45, 7) is 2.86. The van der Waals surface area contributed by atoms with Gasteiger partial charge in [-0.25, -0.2) is 9.40 Å². The average Bonchev–Trinajstić information content (AvgIpc) is 2.81. The third-order valence-corrected chi connectivity index (χ3v) is 5.60. The summed E-state index contributed by atoms with van der Waals surface area (Å²) in [4.78, 5) is 29.3. The number of methoxy groups -OCH3 is 1. The molecule has 8 heteroatoms. The molecule has 2 aliphatic rings. The Kier molecular flexibility index (Phi) is 6.16. The van der Waals surface area contributed by atoms with Gasteiger partial charge in [-0.15, -0.1) is 0 Å². The van der Waals surface area contributed by atoms with Gasteiger partial charge in [-0.2, -0.15) is 5.10 Å². The van der Waals surface area contributed by atoms with Crippen LogP contribution >= 0.6 is 0 Å². The SMILES string of the molecule is COc1ccc(N2CCN(C(=O)C3=NN(Cc4ccc(F)cc4)C(=O)CC3)CC2)cc1. The van der Waals surface area contributed by atoms with Gasteiger partial charge in [-0.3, -0.25) is 9.59 Å². The fraction of sp³-hybridized carbons (Fsp3) is 0.348. The predicted molar refractivity (Wildman–Crippen MR) is 115 cm³/mol. The van der Waals surface area contributed by atoms with E-state index in [1.165, 1.54) is 17.1 Å². The zero-order valence-electron chi connectivity index (χ0n) is 17.5. The van der Waals surface area contributed by atoms with E-state index < -0.39 is 0 Å². The van der Waals surface area contributed by atoms with Crippen molar-refractivity contribution in [1.82, 2.24) is 9.91 Å². The van der Waals surface area contributed by atoms with Crippen molar-refractivity contribution in [2.75, 3.05) is 38.2 Å². The van der Waals surface area contributed by atoms with E-state index >= 15 is 0 Å². The molecule has 7 nitrogen and oxygen atoms in total. The van der Waals surface area contributed by atoms with E-state index in [1.54, 1.807) is 24.1 Å². The fourth-order valence-corrected chi connectivity index (χ4v) is 3.79. The first-order chi connectivity index (χ1) is 15.0. The molecule has 0 unspecified atom stereocenters. The molecule has 2 heterocycles. The maximum Gasteiger partial charge on any atom is 0.270 e. The summed E-state index contributed by atoms with van der Waals surface area (Å²) in [7, 11) is 1.64. The largest absolute Gasteiger partial charge is 0.497 e. The molecule has 0 aliphatic carbocycles. The zero-order chi connectivity index (χ0) is 21.8. The van der Waals surface area contributed by atoms with Gasteiger partial charge in [-0.05, 0) is 42.0 Å². The molecule has 162 valence electrons. The van der Waals surface area contributed by atoms with Gasteiger partial charge in [0.25, 0.3) is 5.91 Å². The number of carbonyl (C=O) groups excluding carboxylic acids is 2. The Morgan fingerprint density at radius 3 is 2.32 bits per heavy atom. The molecule has 0 spiro atoms. The zero-order valence-corrected chi connectivity index (χ0v) is 17.5. The summed E-state index contributed by atoms with van der Waals surface area (Å²) >= 11 is 0. The van der Waals surface area contributed by atoms with Crippen LogP contribution in [-0.2, 0) is 16.1 Å². The van der Waals surface area contributed by atoms with Gasteiger partial charge in [0.05, 0.1) is 13.7 Å². The Morgan fingerprint density at radius 1 is 1.00 bits per heavy atom. The molecule has 0 radical (unpaired) electrons. The quantitative estimate of drug-likeness (QED) is 0.740. The summed E-state index contributed by atoms with van der Waals surface area (Å²) in [6.07, 6.45) is 0.591. The van der Waals surface area contributed by atoms with Gasteiger partial charge >= 0.3 is 0 Å². The van der Waals surface area contributed by atoms with E-state index in [0.29, 0.717) is 25.2 Å². The summed E-state index contributed by atoms with van der Waals surface area (Å²) < 4.78 is 18.3. The van der Waals surface area contributed by atoms with Crippen molar-refractivity contribution >= 4 is 23.2 Å². The third-order valence-electron chi connectivity index (χ3n) is 5.60. The normalized spacial score (nSPS) is 16.9. The topological polar surface area (TPSA) is 65.5 Å². The second kappa shape index (κ2) is 9.16. The highest BCUT2D eigenvalue weighted by Crippen LogP contribution is 2.21. The molecule has 2 aliphatic heterocycles. The van der Waals surface area contributed by atoms with Crippen molar-refractivity contribution in [3.63, 3.8) is 0 Å². The van der Waals surface area contributed by atoms with Gasteiger partial charge in [0.1, 0.15) is 17.3 Å². The number of carbonyl (C=O) groups is 2. The fourth-order valence-electron chi connectivity index (χ4n) is 3.79. The Bertz CT molecular complexity index is 967. The molecule has 0 aromatic heterocycles. The van der Waals surface area contributed by atoms with Crippen LogP contribution in [0.5, 0.6) is 5.75 Å². The van der Waals surface area contributed by atoms with E-state index in [-0.39, 0.29) is 30.6 Å². The van der Waals surface area contributed by atoms with Gasteiger partial charge in [0.15, 0.2) is 0 Å². The maximum atomic E-state index is 13.1. The van der Waals surface area contributed by atoms with Gasteiger partial charge in [0.2, 0.25) is 5.91 Å². The van der Waals surface area contributed by atoms with E-state index in [0.717, 1.165) is 30.1 Å². The van der Waals surface area contributed by atoms with Crippen LogP contribution < -0.4 is 9.64 Å². The maximum absolute atomic E-state index is 13.1. The second-order valence-electron chi connectivity index (χ2n) is 7.60. The average molecular weight is 424 g/mol. The van der Waals surface area contributed by atoms with Crippen molar-refractivity contribution < 1.29 is 18.7 Å². The van der Waals surface area contributed by atoms with E-state index in [9.17, 15) is 14.0 Å². The molecule has 1 saturated heterocycles. The highest BCUT2D eigenvalue weighted by atomic mass is 19.1. The number of halogens is 1. The van der Waals surface area contributed by atoms with Crippen LogP contribution in [0.25, 0.3) is 0 Å². The minimum atomic E-state index is -0.332. The van der Waals surface area contributed by atoms with Crippen LogP contribution in [0.15, 0.2) is 53.6 Å². The van der Waals surface area contributed by atoms with Crippen LogP contribution in [-0.4, -0.2) is 60.7 Å². The summed E-state index contributed by atoms with van der Waals surface area (Å²) in [5.41, 5.74) is 2.26. The Hall–Kier alpha value is -3.42. The van der Waals surface area contributed by atoms with Gasteiger partial charge in [0, 0.05) is 44.7 Å². The minimum absolute atomic E-state index is 0.119. The number of hydrogen-bond donors (Lipinski definition) is 0. The lowest BCUT2D eigenvalue weighted by molar-refractivity contribution is -0.132. The Morgan fingerprint density at radius 2 is 1.68 bits per heavy atom. The molecule has 2 aromatic carbocycles. The number of ether oxygens (including phenoxy) is 1. The molecule has 0 saturated carbocycles. The molecule has 0 bridgehead atoms. The molecular weight excluding hydrogens is 399 g/mol. The number of hydrazone groups is 1. The standard InChI is InChI=1S/C23H25FN4O3/c1-31-20-8-6-19(7-9-20)26-12-14-27(15-13-26)23(30)21-10-11-22(29)28(25-21)16-17-2-4-18(24)5-3-17/h2-9H,10-16H2,1H3. The van der Waals surface area contributed by atoms with Crippen LogP contribution in [0.1, 0.15) is 18.4 Å². The first-order valence-electron chi connectivity index (χ1n) is 10.3. The number of amides is 2. The molecule has 4 rings (SSSR count). The molecule has 31 heavy (non-hydrogen) atoms. The number of rotatable bonds is 5. The second-order valence-corrected chi connectivity index (χ2v) is 7.60. The van der Waals surface area contributed by atoms with E-state index in [2.05, 4.69) is 10.0 Å². The monoisotopic (exact) mass is 424 g/mol. The third kappa shape index (κ3) is 4.84. The summed E-state index contributed by atoms with van der Waals surface area (Å²) in [6, 6.07) is 13.8. The first-order valence-corrected chi connectivity index (χ1v) is 10.3. The molecule has 2 amide bonds. The Balaban J connectivity index is 1.38. The van der Waals surface area contributed by atoms with Crippen molar-refractivity contribution in [2.45, 2.75) is 19.4 Å². The van der Waals surface area contributed by atoms with Gasteiger partial charge in [-0.1, -0.05) is 12.1 Å². The number of piperazine rings is 1. The predicted octanol–water partition coefficient (Wildman–Crippen LogP) is 2.66. The summed E-state index contributed by atoms with van der Waals surface area (Å²) in [5.74, 6) is 0.227. The first kappa shape index (κ1) is 20.8. The Labute approximate surface area is 180 Å². The lowest BCUT2D eigenvalue weighted by Crippen LogP contribution is -2.51. The molecule has 1 fully saturated rings. The number of anilines is 1. The van der Waals surface area contributed by atoms with Gasteiger partial charge < -0.3 is 14.5 Å². The van der Waals surface area contributed by atoms with Crippen molar-refractivity contribution in [2.24, 2.45) is 5.10 Å². The highest BCUT2D eigenvalue weighted by molar-refractivity contribution is 6.39. The molecule has 0 atom stereocenters. The van der Waals surface area contributed by atoms with Crippen molar-refractivity contribution in [1.29, 1.82) is 0 Å². The van der Waals surface area contributed by atoms with Crippen LogP contribution in [0.4, 0.5) is 10.1 Å². The summed E-state index contributed by atoms with van der Waals surface area (Å²) in [5, 5.41) is 5.66. The molecule has 0 N–H and O–H groups in total. The smallest absolute Gasteiger partial charge is 0.270 e. The van der Waals surface area contributed by atoms with E-state index in [4.69, 9.17) is 4.74 Å². The number of hydrogen-bond acceptors (Lipinski definition) is 5. The highest BCUT2D eigenvalue weighted by Gasteiger charge is 2.29. The molecule has 2 aromatic rings. The lowest BCUT2D eigenvalue weighted by Gasteiger charge is -2.36. The minimum Gasteiger partial charge on any atom is -0.497 e. The van der Waals surface area contributed by atoms with Crippen LogP contribution in [0, 0.1) is 5.82 Å². The van der Waals surface area contributed by atoms with Crippen LogP contribution in [0.2, 0.25) is 0 Å².